The number of halogens is 5. The zero-order chi connectivity index (χ0) is 24.1. The highest BCUT2D eigenvalue weighted by Crippen LogP contribution is 2.35. The quantitative estimate of drug-likeness (QED) is 0.354. The van der Waals surface area contributed by atoms with Crippen LogP contribution in [0.25, 0.3) is 5.65 Å². The number of imidazole rings is 1. The van der Waals surface area contributed by atoms with Crippen molar-refractivity contribution in [2.45, 2.75) is 20.5 Å². The molecular formula is C22H26BrCl4N5O3. The lowest BCUT2D eigenvalue weighted by Crippen LogP contribution is -2.41. The Balaban J connectivity index is 0.00000306. The van der Waals surface area contributed by atoms with Gasteiger partial charge in [-0.2, -0.15) is 0 Å². The van der Waals surface area contributed by atoms with Crippen LogP contribution in [0.2, 0.25) is 10.0 Å². The van der Waals surface area contributed by atoms with E-state index in [1.165, 1.54) is 4.90 Å². The summed E-state index contributed by atoms with van der Waals surface area (Å²) in [7, 11) is 1.59. The van der Waals surface area contributed by atoms with Gasteiger partial charge < -0.3 is 20.3 Å². The monoisotopic (exact) mass is 627 g/mol. The number of carbonyl (C=O) groups excluding carboxylic acids is 2. The number of nitrogens with zero attached hydrogens (tertiary/aromatic N) is 3. The normalized spacial score (nSPS) is 10.3. The lowest BCUT2D eigenvalue weighted by Gasteiger charge is -2.21. The van der Waals surface area contributed by atoms with E-state index >= 15 is 0 Å². The number of likely N-dealkylation sites (N-methyl/N-ethyl adjacent to an activating group) is 2. The molecule has 0 saturated heterocycles. The molecule has 0 fully saturated rings. The van der Waals surface area contributed by atoms with Crippen LogP contribution in [0.4, 0.5) is 5.69 Å². The molecule has 0 atom stereocenters. The zero-order valence-electron chi connectivity index (χ0n) is 19.2. The topological polar surface area (TPSA) is 88.0 Å². The van der Waals surface area contributed by atoms with E-state index in [4.69, 9.17) is 27.9 Å². The van der Waals surface area contributed by atoms with Gasteiger partial charge in [-0.05, 0) is 53.7 Å². The standard InChI is InChI=1S/C22H24BrCl2N5O3.2ClH/c1-4-26-10-18(31)27-11-19(32)29(3)16-8-7-15(24)14(20(16)25)12-33-17-6-5-9-30-21(23)13(2)28-22(17)30;;/h5-9,26H,4,10-12H2,1-3H3,(H,27,31);2*1H. The van der Waals surface area contributed by atoms with Crippen LogP contribution in [-0.2, 0) is 16.2 Å². The van der Waals surface area contributed by atoms with Crippen molar-refractivity contribution in [1.82, 2.24) is 20.0 Å². The molecule has 0 bridgehead atoms. The number of carbonyl (C=O) groups is 2. The zero-order valence-corrected chi connectivity index (χ0v) is 24.0. The molecule has 13 heteroatoms. The molecule has 3 rings (SSSR count). The number of rotatable bonds is 9. The van der Waals surface area contributed by atoms with Gasteiger partial charge in [0.2, 0.25) is 11.8 Å². The highest BCUT2D eigenvalue weighted by atomic mass is 79.9. The van der Waals surface area contributed by atoms with Crippen molar-refractivity contribution in [2.24, 2.45) is 0 Å². The number of fused-ring (bicyclic) bond motifs is 1. The minimum atomic E-state index is -0.321. The fourth-order valence-corrected chi connectivity index (χ4v) is 4.08. The number of hydrogen-bond acceptors (Lipinski definition) is 5. The van der Waals surface area contributed by atoms with E-state index in [1.807, 2.05) is 36.6 Å². The Labute approximate surface area is 234 Å². The van der Waals surface area contributed by atoms with Crippen LogP contribution >= 0.6 is 63.9 Å². The first kappa shape index (κ1) is 31.3. The van der Waals surface area contributed by atoms with Crippen molar-refractivity contribution in [3.63, 3.8) is 0 Å². The van der Waals surface area contributed by atoms with Gasteiger partial charge >= 0.3 is 0 Å². The number of pyridine rings is 1. The van der Waals surface area contributed by atoms with Crippen molar-refractivity contribution < 1.29 is 14.3 Å². The van der Waals surface area contributed by atoms with E-state index < -0.39 is 0 Å². The lowest BCUT2D eigenvalue weighted by molar-refractivity contribution is -0.124. The molecule has 8 nitrogen and oxygen atoms in total. The number of aryl methyl sites for hydroxylation is 1. The molecule has 2 aromatic heterocycles. The number of hydrogen-bond donors (Lipinski definition) is 2. The molecule has 2 amide bonds. The molecular weight excluding hydrogens is 604 g/mol. The van der Waals surface area contributed by atoms with E-state index in [1.54, 1.807) is 19.2 Å². The van der Waals surface area contributed by atoms with E-state index in [2.05, 4.69) is 31.5 Å². The summed E-state index contributed by atoms with van der Waals surface area (Å²) in [6.45, 7) is 4.53. The molecule has 0 unspecified atom stereocenters. The third-order valence-electron chi connectivity index (χ3n) is 4.96. The summed E-state index contributed by atoms with van der Waals surface area (Å²) in [4.78, 5) is 30.2. The maximum atomic E-state index is 12.6. The number of aromatic nitrogens is 2. The van der Waals surface area contributed by atoms with E-state index in [-0.39, 0.29) is 56.3 Å². The van der Waals surface area contributed by atoms with Crippen molar-refractivity contribution in [1.29, 1.82) is 0 Å². The maximum absolute atomic E-state index is 12.6. The Morgan fingerprint density at radius 3 is 2.60 bits per heavy atom. The van der Waals surface area contributed by atoms with Gasteiger partial charge in [0.15, 0.2) is 11.4 Å². The molecule has 192 valence electrons. The Morgan fingerprint density at radius 2 is 1.91 bits per heavy atom. The fraction of sp³-hybridized carbons (Fsp3) is 0.318. The first-order chi connectivity index (χ1) is 15.7. The van der Waals surface area contributed by atoms with Gasteiger partial charge in [0.1, 0.15) is 11.2 Å². The Hall–Kier alpha value is -1.75. The molecule has 35 heavy (non-hydrogen) atoms. The fourth-order valence-electron chi connectivity index (χ4n) is 3.09. The third kappa shape index (κ3) is 7.38. The van der Waals surface area contributed by atoms with Gasteiger partial charge in [-0.15, -0.1) is 24.8 Å². The predicted molar refractivity (Wildman–Crippen MR) is 148 cm³/mol. The summed E-state index contributed by atoms with van der Waals surface area (Å²) < 4.78 is 8.73. The molecule has 0 radical (unpaired) electrons. The molecule has 0 aliphatic heterocycles. The summed E-state index contributed by atoms with van der Waals surface area (Å²) in [5.74, 6) is -0.0139. The lowest BCUT2D eigenvalue weighted by atomic mass is 10.2. The van der Waals surface area contributed by atoms with Crippen molar-refractivity contribution >= 4 is 87.1 Å². The van der Waals surface area contributed by atoms with E-state index in [0.29, 0.717) is 39.2 Å². The Kier molecular flexibility index (Phi) is 12.6. The second-order valence-corrected chi connectivity index (χ2v) is 8.75. The summed E-state index contributed by atoms with van der Waals surface area (Å²) in [6.07, 6.45) is 1.88. The van der Waals surface area contributed by atoms with Gasteiger partial charge in [0.05, 0.1) is 29.5 Å². The number of amides is 2. The maximum Gasteiger partial charge on any atom is 0.246 e. The van der Waals surface area contributed by atoms with Crippen molar-refractivity contribution in [3.8, 4) is 5.75 Å². The van der Waals surface area contributed by atoms with Gasteiger partial charge in [-0.25, -0.2) is 4.98 Å². The molecule has 0 spiro atoms. The van der Waals surface area contributed by atoms with Crippen molar-refractivity contribution in [3.05, 3.63) is 56.4 Å². The summed E-state index contributed by atoms with van der Waals surface area (Å²) in [6, 6.07) is 6.98. The van der Waals surface area contributed by atoms with Crippen LogP contribution in [0.5, 0.6) is 5.75 Å². The van der Waals surface area contributed by atoms with Crippen LogP contribution in [-0.4, -0.2) is 47.9 Å². The number of ether oxygens (including phenoxy) is 1. The first-order valence-electron chi connectivity index (χ1n) is 10.2. The largest absolute Gasteiger partial charge is 0.485 e. The Bertz CT molecular complexity index is 1190. The smallest absolute Gasteiger partial charge is 0.246 e. The van der Waals surface area contributed by atoms with Crippen LogP contribution < -0.4 is 20.3 Å². The minimum absolute atomic E-state index is 0. The first-order valence-corrected chi connectivity index (χ1v) is 11.8. The second kappa shape index (κ2) is 14.1. The number of benzene rings is 1. The van der Waals surface area contributed by atoms with E-state index in [0.717, 1.165) is 10.3 Å². The highest BCUT2D eigenvalue weighted by Gasteiger charge is 2.20. The average molecular weight is 630 g/mol. The van der Waals surface area contributed by atoms with Gasteiger partial charge in [-0.3, -0.25) is 14.0 Å². The summed E-state index contributed by atoms with van der Waals surface area (Å²) in [5, 5.41) is 6.20. The number of anilines is 1. The molecule has 2 heterocycles. The second-order valence-electron chi connectivity index (χ2n) is 7.21. The van der Waals surface area contributed by atoms with E-state index in [9.17, 15) is 9.59 Å². The predicted octanol–water partition coefficient (Wildman–Crippen LogP) is 4.82. The Morgan fingerprint density at radius 1 is 1.20 bits per heavy atom. The molecule has 2 N–H and O–H groups in total. The van der Waals surface area contributed by atoms with Crippen LogP contribution in [0.1, 0.15) is 18.2 Å². The van der Waals surface area contributed by atoms with Crippen LogP contribution in [0, 0.1) is 6.92 Å². The molecule has 1 aromatic carbocycles. The molecule has 0 aliphatic rings. The number of nitrogens with one attached hydrogen (secondary N) is 2. The van der Waals surface area contributed by atoms with Crippen LogP contribution in [0.15, 0.2) is 35.1 Å². The van der Waals surface area contributed by atoms with Crippen molar-refractivity contribution in [2.75, 3.05) is 31.6 Å². The molecule has 0 aliphatic carbocycles. The summed E-state index contributed by atoms with van der Waals surface area (Å²) in [5.41, 5.74) is 2.49. The molecule has 0 saturated carbocycles. The highest BCUT2D eigenvalue weighted by molar-refractivity contribution is 9.10. The summed E-state index contributed by atoms with van der Waals surface area (Å²) >= 11 is 16.5. The van der Waals surface area contributed by atoms with Gasteiger partial charge in [0, 0.05) is 23.8 Å². The van der Waals surface area contributed by atoms with Gasteiger partial charge in [0.25, 0.3) is 0 Å². The minimum Gasteiger partial charge on any atom is -0.485 e. The van der Waals surface area contributed by atoms with Crippen LogP contribution in [0.3, 0.4) is 0 Å². The third-order valence-corrected chi connectivity index (χ3v) is 6.69. The SMILES string of the molecule is CCNCC(=O)NCC(=O)N(C)c1ccc(Cl)c(COc2cccn3c(Br)c(C)nc23)c1Cl.Cl.Cl. The average Bonchev–Trinajstić information content (AvgIpc) is 3.09. The molecule has 3 aromatic rings. The van der Waals surface area contributed by atoms with Gasteiger partial charge in [-0.1, -0.05) is 30.1 Å².